The highest BCUT2D eigenvalue weighted by molar-refractivity contribution is 14.0. The zero-order valence-electron chi connectivity index (χ0n) is 17.9. The number of guanidine groups is 1. The number of hydrogen-bond donors (Lipinski definition) is 1. The van der Waals surface area contributed by atoms with E-state index in [1.807, 2.05) is 0 Å². The van der Waals surface area contributed by atoms with Gasteiger partial charge >= 0.3 is 0 Å². The number of piperazine rings is 1. The molecule has 0 radical (unpaired) electrons. The summed E-state index contributed by atoms with van der Waals surface area (Å²) in [6, 6.07) is 0. The molecule has 0 aromatic carbocycles. The standard InChI is InChI=1S/C21H39N5O.HI/c1-3-22-20(23-18-21(2)9-5-6-10-21)26-15-13-24(14-16-26)17-19(27)25-11-7-4-8-12-25;/h3-18H2,1-2H3,(H,22,23);1H. The monoisotopic (exact) mass is 505 g/mol. The van der Waals surface area contributed by atoms with Gasteiger partial charge in [0.05, 0.1) is 6.54 Å². The Kier molecular flexibility index (Phi) is 9.80. The molecule has 6 nitrogen and oxygen atoms in total. The molecule has 0 spiro atoms. The van der Waals surface area contributed by atoms with Gasteiger partial charge in [-0.3, -0.25) is 14.7 Å². The smallest absolute Gasteiger partial charge is 0.236 e. The quantitative estimate of drug-likeness (QED) is 0.355. The molecule has 0 atom stereocenters. The van der Waals surface area contributed by atoms with Gasteiger partial charge in [-0.1, -0.05) is 19.8 Å². The third-order valence-electron chi connectivity index (χ3n) is 6.50. The lowest BCUT2D eigenvalue weighted by Gasteiger charge is -2.37. The molecule has 3 fully saturated rings. The largest absolute Gasteiger partial charge is 0.357 e. The van der Waals surface area contributed by atoms with Crippen LogP contribution in [-0.4, -0.2) is 85.5 Å². The second-order valence-corrected chi connectivity index (χ2v) is 8.89. The molecule has 0 aromatic heterocycles. The minimum absolute atomic E-state index is 0. The first-order valence-electron chi connectivity index (χ1n) is 11.1. The molecule has 2 aliphatic heterocycles. The normalized spacial score (nSPS) is 23.4. The Bertz CT molecular complexity index is 507. The molecule has 3 rings (SSSR count). The van der Waals surface area contributed by atoms with E-state index in [0.717, 1.165) is 58.3 Å². The predicted molar refractivity (Wildman–Crippen MR) is 126 cm³/mol. The molecule has 1 amide bonds. The lowest BCUT2D eigenvalue weighted by Crippen LogP contribution is -2.54. The Morgan fingerprint density at radius 1 is 0.929 bits per heavy atom. The van der Waals surface area contributed by atoms with Crippen molar-refractivity contribution in [2.75, 3.05) is 58.9 Å². The van der Waals surface area contributed by atoms with Crippen LogP contribution in [0.15, 0.2) is 4.99 Å². The number of carbonyl (C=O) groups is 1. The number of nitrogens with zero attached hydrogens (tertiary/aromatic N) is 4. The summed E-state index contributed by atoms with van der Waals surface area (Å²) in [6.07, 6.45) is 8.93. The summed E-state index contributed by atoms with van der Waals surface area (Å²) in [7, 11) is 0. The topological polar surface area (TPSA) is 51.2 Å². The summed E-state index contributed by atoms with van der Waals surface area (Å²) in [4.78, 5) is 24.2. The van der Waals surface area contributed by atoms with Gasteiger partial charge in [0.2, 0.25) is 5.91 Å². The Hall–Kier alpha value is -0.570. The van der Waals surface area contributed by atoms with Gasteiger partial charge < -0.3 is 15.1 Å². The molecule has 2 saturated heterocycles. The van der Waals surface area contributed by atoms with Crippen molar-refractivity contribution in [3.63, 3.8) is 0 Å². The molecule has 2 heterocycles. The zero-order valence-corrected chi connectivity index (χ0v) is 20.2. The molecule has 0 aromatic rings. The van der Waals surface area contributed by atoms with E-state index >= 15 is 0 Å². The summed E-state index contributed by atoms with van der Waals surface area (Å²) < 4.78 is 0. The van der Waals surface area contributed by atoms with Crippen molar-refractivity contribution >= 4 is 35.8 Å². The predicted octanol–water partition coefficient (Wildman–Crippen LogP) is 2.78. The third-order valence-corrected chi connectivity index (χ3v) is 6.50. The fraction of sp³-hybridized carbons (Fsp3) is 0.905. The lowest BCUT2D eigenvalue weighted by atomic mass is 9.89. The maximum absolute atomic E-state index is 12.5. The molecule has 7 heteroatoms. The van der Waals surface area contributed by atoms with Crippen molar-refractivity contribution in [2.24, 2.45) is 10.4 Å². The van der Waals surface area contributed by atoms with Crippen LogP contribution < -0.4 is 5.32 Å². The number of hydrogen-bond acceptors (Lipinski definition) is 3. The Balaban J connectivity index is 0.00000280. The van der Waals surface area contributed by atoms with Gasteiger partial charge in [0, 0.05) is 52.4 Å². The van der Waals surface area contributed by atoms with Crippen molar-refractivity contribution in [3.05, 3.63) is 0 Å². The molecular weight excluding hydrogens is 465 g/mol. The minimum atomic E-state index is 0. The van der Waals surface area contributed by atoms with E-state index in [4.69, 9.17) is 4.99 Å². The van der Waals surface area contributed by atoms with Gasteiger partial charge in [0.1, 0.15) is 0 Å². The fourth-order valence-corrected chi connectivity index (χ4v) is 4.63. The van der Waals surface area contributed by atoms with Gasteiger partial charge in [0.25, 0.3) is 0 Å². The molecule has 0 bridgehead atoms. The van der Waals surface area contributed by atoms with Crippen LogP contribution in [0.4, 0.5) is 0 Å². The molecular formula is C21H40IN5O. The average Bonchev–Trinajstić information content (AvgIpc) is 3.13. The molecule has 162 valence electrons. The van der Waals surface area contributed by atoms with Crippen LogP contribution in [0.1, 0.15) is 58.8 Å². The second kappa shape index (κ2) is 11.6. The van der Waals surface area contributed by atoms with Gasteiger partial charge in [-0.25, -0.2) is 0 Å². The first kappa shape index (κ1) is 23.7. The second-order valence-electron chi connectivity index (χ2n) is 8.89. The van der Waals surface area contributed by atoms with Crippen molar-refractivity contribution in [1.29, 1.82) is 0 Å². The Labute approximate surface area is 188 Å². The minimum Gasteiger partial charge on any atom is -0.357 e. The number of likely N-dealkylation sites (tertiary alicyclic amines) is 1. The van der Waals surface area contributed by atoms with Gasteiger partial charge in [0.15, 0.2) is 5.96 Å². The summed E-state index contributed by atoms with van der Waals surface area (Å²) in [6.45, 7) is 12.7. The number of aliphatic imine (C=N–C) groups is 1. The summed E-state index contributed by atoms with van der Waals surface area (Å²) in [5.41, 5.74) is 0.392. The van der Waals surface area contributed by atoms with Crippen molar-refractivity contribution < 1.29 is 4.79 Å². The maximum atomic E-state index is 12.5. The van der Waals surface area contributed by atoms with Crippen LogP contribution >= 0.6 is 24.0 Å². The highest BCUT2D eigenvalue weighted by atomic mass is 127. The van der Waals surface area contributed by atoms with E-state index in [9.17, 15) is 4.79 Å². The van der Waals surface area contributed by atoms with E-state index in [2.05, 4.69) is 33.9 Å². The maximum Gasteiger partial charge on any atom is 0.236 e. The summed E-state index contributed by atoms with van der Waals surface area (Å²) >= 11 is 0. The summed E-state index contributed by atoms with van der Waals surface area (Å²) in [5.74, 6) is 1.38. The number of piperidine rings is 1. The molecule has 0 unspecified atom stereocenters. The van der Waals surface area contributed by atoms with Crippen LogP contribution in [0.3, 0.4) is 0 Å². The molecule has 1 aliphatic carbocycles. The van der Waals surface area contributed by atoms with E-state index in [1.54, 1.807) is 0 Å². The van der Waals surface area contributed by atoms with Crippen molar-refractivity contribution in [1.82, 2.24) is 20.0 Å². The highest BCUT2D eigenvalue weighted by Gasteiger charge is 2.29. The highest BCUT2D eigenvalue weighted by Crippen LogP contribution is 2.37. The Morgan fingerprint density at radius 3 is 2.18 bits per heavy atom. The molecule has 1 N–H and O–H groups in total. The number of halogens is 1. The van der Waals surface area contributed by atoms with Crippen LogP contribution in [0, 0.1) is 5.41 Å². The molecule has 1 saturated carbocycles. The third kappa shape index (κ3) is 6.75. The molecule has 28 heavy (non-hydrogen) atoms. The molecule has 3 aliphatic rings. The van der Waals surface area contributed by atoms with Crippen LogP contribution in [0.25, 0.3) is 0 Å². The number of amides is 1. The van der Waals surface area contributed by atoms with Crippen LogP contribution in [-0.2, 0) is 4.79 Å². The van der Waals surface area contributed by atoms with E-state index in [1.165, 1.54) is 44.9 Å². The fourth-order valence-electron chi connectivity index (χ4n) is 4.63. The van der Waals surface area contributed by atoms with Gasteiger partial charge in [-0.05, 0) is 44.4 Å². The number of carbonyl (C=O) groups excluding carboxylic acids is 1. The average molecular weight is 505 g/mol. The lowest BCUT2D eigenvalue weighted by molar-refractivity contribution is -0.133. The van der Waals surface area contributed by atoms with Crippen molar-refractivity contribution in [2.45, 2.75) is 58.8 Å². The first-order chi connectivity index (χ1) is 13.1. The SMILES string of the molecule is CCNC(=NCC1(C)CCCC1)N1CCN(CC(=O)N2CCCCC2)CC1.I. The van der Waals surface area contributed by atoms with E-state index in [-0.39, 0.29) is 24.0 Å². The van der Waals surface area contributed by atoms with Gasteiger partial charge in [-0.2, -0.15) is 0 Å². The number of rotatable bonds is 5. The zero-order chi connectivity index (χ0) is 19.1. The van der Waals surface area contributed by atoms with Crippen LogP contribution in [0.2, 0.25) is 0 Å². The van der Waals surface area contributed by atoms with Crippen LogP contribution in [0.5, 0.6) is 0 Å². The van der Waals surface area contributed by atoms with E-state index in [0.29, 0.717) is 17.9 Å². The Morgan fingerprint density at radius 2 is 1.57 bits per heavy atom. The van der Waals surface area contributed by atoms with E-state index < -0.39 is 0 Å². The number of nitrogens with one attached hydrogen (secondary N) is 1. The first-order valence-corrected chi connectivity index (χ1v) is 11.1. The van der Waals surface area contributed by atoms with Gasteiger partial charge in [-0.15, -0.1) is 24.0 Å². The summed E-state index contributed by atoms with van der Waals surface area (Å²) in [5, 5.41) is 3.48. The van der Waals surface area contributed by atoms with Crippen molar-refractivity contribution in [3.8, 4) is 0 Å².